The minimum absolute atomic E-state index is 0.0173. The number of hydrogen-bond donors (Lipinski definition) is 0. The van der Waals surface area contributed by atoms with E-state index in [4.69, 9.17) is 21.1 Å². The molecule has 3 rings (SSSR count). The highest BCUT2D eigenvalue weighted by molar-refractivity contribution is 6.32. The fraction of sp³-hybridized carbons (Fsp3) is 0.429. The van der Waals surface area contributed by atoms with Crippen LogP contribution in [0, 0.1) is 0 Å². The minimum Gasteiger partial charge on any atom is -0.466 e. The van der Waals surface area contributed by atoms with Crippen molar-refractivity contribution in [3.05, 3.63) is 41.7 Å². The van der Waals surface area contributed by atoms with Crippen molar-refractivity contribution < 1.29 is 19.1 Å². The maximum atomic E-state index is 12.5. The molecule has 0 unspecified atom stereocenters. The predicted octanol–water partition coefficient (Wildman–Crippen LogP) is 3.30. The second-order valence-corrected chi connectivity index (χ2v) is 7.34. The van der Waals surface area contributed by atoms with Crippen LogP contribution in [0.25, 0.3) is 0 Å². The Morgan fingerprint density at radius 1 is 1.20 bits per heavy atom. The third kappa shape index (κ3) is 5.60. The highest BCUT2D eigenvalue weighted by atomic mass is 35.5. The summed E-state index contributed by atoms with van der Waals surface area (Å²) in [6.07, 6.45) is 1.71. The normalized spacial score (nSPS) is 16.3. The maximum Gasteiger partial charge on any atom is 0.306 e. The number of benzene rings is 1. The van der Waals surface area contributed by atoms with E-state index in [9.17, 15) is 9.59 Å². The van der Waals surface area contributed by atoms with Crippen LogP contribution < -0.4 is 9.64 Å². The Hall–Kier alpha value is -2.87. The van der Waals surface area contributed by atoms with Crippen LogP contribution in [-0.4, -0.2) is 59.0 Å². The molecule has 0 radical (unpaired) electrons. The van der Waals surface area contributed by atoms with Gasteiger partial charge in [0.25, 0.3) is 0 Å². The van der Waals surface area contributed by atoms with Crippen molar-refractivity contribution in [2.24, 2.45) is 0 Å². The fourth-order valence-electron chi connectivity index (χ4n) is 3.32. The van der Waals surface area contributed by atoms with Crippen molar-refractivity contribution in [2.75, 3.05) is 31.1 Å². The lowest BCUT2D eigenvalue weighted by molar-refractivity contribution is -0.146. The van der Waals surface area contributed by atoms with Crippen LogP contribution in [0.3, 0.4) is 0 Å². The van der Waals surface area contributed by atoms with Gasteiger partial charge in [0.05, 0.1) is 18.1 Å². The van der Waals surface area contributed by atoms with Crippen molar-refractivity contribution >= 4 is 29.3 Å². The number of anilines is 1. The molecule has 2 heterocycles. The molecule has 0 spiro atoms. The number of amides is 1. The average Bonchev–Trinajstić information content (AvgIpc) is 2.74. The van der Waals surface area contributed by atoms with Crippen molar-refractivity contribution in [1.29, 1.82) is 0 Å². The standard InChI is InChI=1S/C21H25ClN4O4/c1-3-29-21(28)9-8-20(27)26-11-10-25(13-15(26)2)18-12-19(24-14-23-18)30-17-7-5-4-6-16(17)22/h4-7,12,14-15H,3,8-11,13H2,1-2H3/t15-/m1/s1. The van der Waals surface area contributed by atoms with Crippen LogP contribution in [0.1, 0.15) is 26.7 Å². The Bertz CT molecular complexity index is 895. The highest BCUT2D eigenvalue weighted by Crippen LogP contribution is 2.29. The van der Waals surface area contributed by atoms with E-state index in [0.717, 1.165) is 5.82 Å². The van der Waals surface area contributed by atoms with E-state index in [1.54, 1.807) is 30.0 Å². The van der Waals surface area contributed by atoms with Gasteiger partial charge in [-0.1, -0.05) is 23.7 Å². The molecule has 0 saturated carbocycles. The van der Waals surface area contributed by atoms with E-state index in [2.05, 4.69) is 14.9 Å². The fourth-order valence-corrected chi connectivity index (χ4v) is 3.50. The van der Waals surface area contributed by atoms with Crippen LogP contribution in [0.5, 0.6) is 11.6 Å². The number of carbonyl (C=O) groups excluding carboxylic acids is 2. The van der Waals surface area contributed by atoms with Crippen molar-refractivity contribution in [3.63, 3.8) is 0 Å². The largest absolute Gasteiger partial charge is 0.466 e. The Labute approximate surface area is 180 Å². The summed E-state index contributed by atoms with van der Waals surface area (Å²) in [6.45, 7) is 5.85. The summed E-state index contributed by atoms with van der Waals surface area (Å²) in [6, 6.07) is 8.93. The number of para-hydroxylation sites is 1. The third-order valence-corrected chi connectivity index (χ3v) is 5.11. The van der Waals surface area contributed by atoms with Gasteiger partial charge in [0, 0.05) is 38.2 Å². The quantitative estimate of drug-likeness (QED) is 0.620. The zero-order valence-electron chi connectivity index (χ0n) is 17.1. The number of carbonyl (C=O) groups is 2. The molecule has 1 aromatic heterocycles. The molecule has 160 valence electrons. The lowest BCUT2D eigenvalue weighted by Gasteiger charge is -2.40. The molecule has 1 saturated heterocycles. The second kappa shape index (κ2) is 10.2. The van der Waals surface area contributed by atoms with Crippen LogP contribution in [0.2, 0.25) is 5.02 Å². The average molecular weight is 433 g/mol. The molecular weight excluding hydrogens is 408 g/mol. The molecule has 0 N–H and O–H groups in total. The molecule has 9 heteroatoms. The summed E-state index contributed by atoms with van der Waals surface area (Å²) in [7, 11) is 0. The van der Waals surface area contributed by atoms with E-state index in [1.807, 2.05) is 19.1 Å². The lowest BCUT2D eigenvalue weighted by atomic mass is 10.1. The number of nitrogens with zero attached hydrogens (tertiary/aromatic N) is 4. The van der Waals surface area contributed by atoms with Crippen molar-refractivity contribution in [2.45, 2.75) is 32.7 Å². The number of aromatic nitrogens is 2. The third-order valence-electron chi connectivity index (χ3n) is 4.80. The van der Waals surface area contributed by atoms with Crippen LogP contribution in [-0.2, 0) is 14.3 Å². The number of piperazine rings is 1. The summed E-state index contributed by atoms with van der Waals surface area (Å²) >= 11 is 6.14. The molecule has 1 aromatic carbocycles. The van der Waals surface area contributed by atoms with Gasteiger partial charge in [-0.15, -0.1) is 0 Å². The zero-order chi connectivity index (χ0) is 21.5. The van der Waals surface area contributed by atoms with Gasteiger partial charge >= 0.3 is 5.97 Å². The van der Waals surface area contributed by atoms with Gasteiger partial charge in [-0.25, -0.2) is 9.97 Å². The Morgan fingerprint density at radius 3 is 2.73 bits per heavy atom. The molecule has 0 aliphatic carbocycles. The van der Waals surface area contributed by atoms with Gasteiger partial charge in [-0.3, -0.25) is 9.59 Å². The van der Waals surface area contributed by atoms with Crippen LogP contribution >= 0.6 is 11.6 Å². The molecule has 1 atom stereocenters. The first-order chi connectivity index (χ1) is 14.5. The molecule has 0 bridgehead atoms. The number of halogens is 1. The number of hydrogen-bond acceptors (Lipinski definition) is 7. The predicted molar refractivity (Wildman–Crippen MR) is 113 cm³/mol. The molecule has 1 aliphatic rings. The lowest BCUT2D eigenvalue weighted by Crippen LogP contribution is -2.54. The molecule has 1 fully saturated rings. The van der Waals surface area contributed by atoms with Gasteiger partial charge in [0.15, 0.2) is 0 Å². The number of rotatable bonds is 7. The van der Waals surface area contributed by atoms with Crippen molar-refractivity contribution in [1.82, 2.24) is 14.9 Å². The monoisotopic (exact) mass is 432 g/mol. The molecule has 2 aromatic rings. The summed E-state index contributed by atoms with van der Waals surface area (Å²) in [5, 5.41) is 0.501. The smallest absolute Gasteiger partial charge is 0.306 e. The molecular formula is C21H25ClN4O4. The summed E-state index contributed by atoms with van der Waals surface area (Å²) in [4.78, 5) is 36.4. The zero-order valence-corrected chi connectivity index (χ0v) is 17.8. The van der Waals surface area contributed by atoms with E-state index in [1.165, 1.54) is 6.33 Å². The number of ether oxygens (including phenoxy) is 2. The van der Waals surface area contributed by atoms with E-state index < -0.39 is 0 Å². The highest BCUT2D eigenvalue weighted by Gasteiger charge is 2.28. The van der Waals surface area contributed by atoms with Gasteiger partial charge in [-0.2, -0.15) is 0 Å². The van der Waals surface area contributed by atoms with Crippen molar-refractivity contribution in [3.8, 4) is 11.6 Å². The topological polar surface area (TPSA) is 84.9 Å². The molecule has 30 heavy (non-hydrogen) atoms. The van der Waals surface area contributed by atoms with Gasteiger partial charge in [0.2, 0.25) is 11.8 Å². The second-order valence-electron chi connectivity index (χ2n) is 6.93. The van der Waals surface area contributed by atoms with Gasteiger partial charge in [-0.05, 0) is 26.0 Å². The maximum absolute atomic E-state index is 12.5. The van der Waals surface area contributed by atoms with E-state index >= 15 is 0 Å². The molecule has 8 nitrogen and oxygen atoms in total. The van der Waals surface area contributed by atoms with Gasteiger partial charge in [0.1, 0.15) is 17.9 Å². The minimum atomic E-state index is -0.343. The molecule has 1 amide bonds. The van der Waals surface area contributed by atoms with Crippen LogP contribution in [0.15, 0.2) is 36.7 Å². The first-order valence-electron chi connectivity index (χ1n) is 9.92. The molecule has 1 aliphatic heterocycles. The van der Waals surface area contributed by atoms with E-state index in [0.29, 0.717) is 42.9 Å². The Balaban J connectivity index is 1.59. The Kier molecular flexibility index (Phi) is 7.46. The number of esters is 1. The SMILES string of the molecule is CCOC(=O)CCC(=O)N1CCN(c2cc(Oc3ccccc3Cl)ncn2)C[C@H]1C. The summed E-state index contributed by atoms with van der Waals surface area (Å²) in [5.74, 6) is 1.25. The Morgan fingerprint density at radius 2 is 2.00 bits per heavy atom. The first-order valence-corrected chi connectivity index (χ1v) is 10.3. The van der Waals surface area contributed by atoms with Gasteiger partial charge < -0.3 is 19.3 Å². The van der Waals surface area contributed by atoms with E-state index in [-0.39, 0.29) is 30.8 Å². The summed E-state index contributed by atoms with van der Waals surface area (Å²) < 4.78 is 10.7. The van der Waals surface area contributed by atoms with Crippen LogP contribution in [0.4, 0.5) is 5.82 Å². The summed E-state index contributed by atoms with van der Waals surface area (Å²) in [5.41, 5.74) is 0. The first kappa shape index (κ1) is 21.8.